The molecule has 0 aliphatic rings. The predicted molar refractivity (Wildman–Crippen MR) is 64.5 cm³/mol. The van der Waals surface area contributed by atoms with E-state index in [1.54, 1.807) is 6.92 Å². The predicted octanol–water partition coefficient (Wildman–Crippen LogP) is 1.65. The Kier molecular flexibility index (Phi) is 4.11. The quantitative estimate of drug-likeness (QED) is 0.883. The van der Waals surface area contributed by atoms with Crippen molar-refractivity contribution in [2.75, 3.05) is 7.05 Å². The number of carboxylic acid groups (broad SMARTS) is 1. The third-order valence-electron chi connectivity index (χ3n) is 2.95. The zero-order valence-corrected chi connectivity index (χ0v) is 11.2. The minimum absolute atomic E-state index is 0.126. The van der Waals surface area contributed by atoms with Gasteiger partial charge >= 0.3 is 5.97 Å². The Morgan fingerprint density at radius 2 is 1.89 bits per heavy atom. The third kappa shape index (κ3) is 2.52. The van der Waals surface area contributed by atoms with Gasteiger partial charge in [0.1, 0.15) is 11.8 Å². The highest BCUT2D eigenvalue weighted by atomic mass is 16.5. The molecule has 1 atom stereocenters. The van der Waals surface area contributed by atoms with E-state index in [2.05, 4.69) is 5.16 Å². The van der Waals surface area contributed by atoms with Crippen molar-refractivity contribution in [3.63, 3.8) is 0 Å². The highest BCUT2D eigenvalue weighted by Gasteiger charge is 2.28. The molecular weight excluding hydrogens is 236 g/mol. The first-order valence-corrected chi connectivity index (χ1v) is 5.73. The van der Waals surface area contributed by atoms with E-state index in [4.69, 9.17) is 9.63 Å². The van der Waals surface area contributed by atoms with Gasteiger partial charge in [-0.3, -0.25) is 4.79 Å². The molecule has 0 radical (unpaired) electrons. The van der Waals surface area contributed by atoms with Crippen molar-refractivity contribution < 1.29 is 19.2 Å². The molecule has 0 bridgehead atoms. The molecule has 1 N–H and O–H groups in total. The van der Waals surface area contributed by atoms with E-state index in [9.17, 15) is 9.59 Å². The third-order valence-corrected chi connectivity index (χ3v) is 2.95. The minimum atomic E-state index is -1.06. The zero-order chi connectivity index (χ0) is 14.0. The van der Waals surface area contributed by atoms with Crippen molar-refractivity contribution >= 4 is 11.9 Å². The molecule has 1 aromatic heterocycles. The second kappa shape index (κ2) is 5.20. The Hall–Kier alpha value is -1.85. The van der Waals surface area contributed by atoms with Gasteiger partial charge in [0.2, 0.25) is 0 Å². The van der Waals surface area contributed by atoms with Crippen LogP contribution in [0.2, 0.25) is 0 Å². The molecule has 0 aromatic carbocycles. The SMILES string of the molecule is Cc1c(C(=O)N(C)C(C)C(=O)O)noc1C(C)C. The van der Waals surface area contributed by atoms with Crippen molar-refractivity contribution in [2.24, 2.45) is 0 Å². The Morgan fingerprint density at radius 1 is 1.33 bits per heavy atom. The highest BCUT2D eigenvalue weighted by Crippen LogP contribution is 2.22. The molecule has 6 heteroatoms. The Labute approximate surface area is 106 Å². The second-order valence-electron chi connectivity index (χ2n) is 4.61. The lowest BCUT2D eigenvalue weighted by Crippen LogP contribution is -2.40. The average Bonchev–Trinajstić information content (AvgIpc) is 2.68. The highest BCUT2D eigenvalue weighted by molar-refractivity contribution is 5.95. The van der Waals surface area contributed by atoms with Gasteiger partial charge in [-0.1, -0.05) is 19.0 Å². The largest absolute Gasteiger partial charge is 0.480 e. The summed E-state index contributed by atoms with van der Waals surface area (Å²) in [7, 11) is 1.43. The Bertz CT molecular complexity index is 465. The summed E-state index contributed by atoms with van der Waals surface area (Å²) in [4.78, 5) is 24.1. The first kappa shape index (κ1) is 14.2. The molecule has 0 spiro atoms. The number of carboxylic acids is 1. The van der Waals surface area contributed by atoms with Gasteiger partial charge in [-0.15, -0.1) is 0 Å². The molecule has 100 valence electrons. The smallest absolute Gasteiger partial charge is 0.326 e. The average molecular weight is 254 g/mol. The molecule has 0 fully saturated rings. The molecule has 0 aliphatic carbocycles. The molecule has 1 aromatic rings. The van der Waals surface area contributed by atoms with Gasteiger partial charge in [0.25, 0.3) is 5.91 Å². The van der Waals surface area contributed by atoms with Crippen LogP contribution in [0.4, 0.5) is 0 Å². The first-order valence-electron chi connectivity index (χ1n) is 5.73. The van der Waals surface area contributed by atoms with Crippen molar-refractivity contribution in [3.8, 4) is 0 Å². The minimum Gasteiger partial charge on any atom is -0.480 e. The summed E-state index contributed by atoms with van der Waals surface area (Å²) in [5.41, 5.74) is 0.841. The molecule has 0 aliphatic heterocycles. The maximum absolute atomic E-state index is 12.1. The van der Waals surface area contributed by atoms with Crippen LogP contribution in [0.3, 0.4) is 0 Å². The number of carbonyl (C=O) groups is 2. The van der Waals surface area contributed by atoms with Gasteiger partial charge in [-0.25, -0.2) is 4.79 Å². The van der Waals surface area contributed by atoms with Crippen molar-refractivity contribution in [2.45, 2.75) is 39.7 Å². The van der Waals surface area contributed by atoms with Gasteiger partial charge in [0.05, 0.1) is 0 Å². The molecule has 18 heavy (non-hydrogen) atoms. The number of nitrogens with zero attached hydrogens (tertiary/aromatic N) is 2. The van der Waals surface area contributed by atoms with Gasteiger partial charge in [-0.05, 0) is 13.8 Å². The fraction of sp³-hybridized carbons (Fsp3) is 0.583. The van der Waals surface area contributed by atoms with Crippen LogP contribution in [0.15, 0.2) is 4.52 Å². The molecule has 1 rings (SSSR count). The fourth-order valence-electron chi connectivity index (χ4n) is 1.59. The lowest BCUT2D eigenvalue weighted by molar-refractivity contribution is -0.141. The first-order chi connectivity index (χ1) is 8.27. The summed E-state index contributed by atoms with van der Waals surface area (Å²) in [6, 6.07) is -0.906. The van der Waals surface area contributed by atoms with Crippen molar-refractivity contribution in [3.05, 3.63) is 17.0 Å². The molecule has 0 saturated carbocycles. The molecule has 1 heterocycles. The van der Waals surface area contributed by atoms with Crippen LogP contribution in [-0.4, -0.2) is 40.1 Å². The number of hydrogen-bond acceptors (Lipinski definition) is 4. The lowest BCUT2D eigenvalue weighted by atomic mass is 10.1. The standard InChI is InChI=1S/C12H18N2O4/c1-6(2)10-7(3)9(13-18-10)11(15)14(5)8(4)12(16)17/h6,8H,1-5H3,(H,16,17). The van der Waals surface area contributed by atoms with E-state index in [-0.39, 0.29) is 11.6 Å². The van der Waals surface area contributed by atoms with Gasteiger partial charge in [0.15, 0.2) is 5.69 Å². The number of hydrogen-bond donors (Lipinski definition) is 1. The van der Waals surface area contributed by atoms with Crippen LogP contribution in [0.1, 0.15) is 48.5 Å². The maximum atomic E-state index is 12.1. The number of rotatable bonds is 4. The lowest BCUT2D eigenvalue weighted by Gasteiger charge is -2.20. The number of aliphatic carboxylic acids is 1. The molecule has 1 unspecified atom stereocenters. The van der Waals surface area contributed by atoms with Gasteiger partial charge in [-0.2, -0.15) is 0 Å². The van der Waals surface area contributed by atoms with E-state index >= 15 is 0 Å². The Morgan fingerprint density at radius 3 is 2.28 bits per heavy atom. The van der Waals surface area contributed by atoms with Gasteiger partial charge < -0.3 is 14.5 Å². The van der Waals surface area contributed by atoms with E-state index < -0.39 is 17.9 Å². The van der Waals surface area contributed by atoms with Crippen LogP contribution >= 0.6 is 0 Å². The molecular formula is C12H18N2O4. The number of likely N-dealkylation sites (N-methyl/N-ethyl adjacent to an activating group) is 1. The Balaban J connectivity index is 3.01. The summed E-state index contributed by atoms with van der Waals surface area (Å²) in [6.07, 6.45) is 0. The second-order valence-corrected chi connectivity index (χ2v) is 4.61. The van der Waals surface area contributed by atoms with Crippen molar-refractivity contribution in [1.82, 2.24) is 10.1 Å². The van der Waals surface area contributed by atoms with Crippen LogP contribution in [0.5, 0.6) is 0 Å². The van der Waals surface area contributed by atoms with Gasteiger partial charge in [0, 0.05) is 18.5 Å². The van der Waals surface area contributed by atoms with E-state index in [1.165, 1.54) is 14.0 Å². The fourth-order valence-corrected chi connectivity index (χ4v) is 1.59. The molecule has 0 saturated heterocycles. The van der Waals surface area contributed by atoms with E-state index in [0.717, 1.165) is 4.90 Å². The summed E-state index contributed by atoms with van der Waals surface area (Å²) < 4.78 is 5.12. The van der Waals surface area contributed by atoms with E-state index in [0.29, 0.717) is 11.3 Å². The summed E-state index contributed by atoms with van der Waals surface area (Å²) in [5.74, 6) is -0.731. The van der Waals surface area contributed by atoms with Crippen LogP contribution in [0.25, 0.3) is 0 Å². The summed E-state index contributed by atoms with van der Waals surface area (Å²) in [6.45, 7) is 7.06. The van der Waals surface area contributed by atoms with Crippen molar-refractivity contribution in [1.29, 1.82) is 0 Å². The maximum Gasteiger partial charge on any atom is 0.326 e. The van der Waals surface area contributed by atoms with E-state index in [1.807, 2.05) is 13.8 Å². The normalized spacial score (nSPS) is 12.6. The number of aromatic nitrogens is 1. The molecule has 1 amide bonds. The van der Waals surface area contributed by atoms with Crippen LogP contribution in [-0.2, 0) is 4.79 Å². The molecule has 6 nitrogen and oxygen atoms in total. The monoisotopic (exact) mass is 254 g/mol. The zero-order valence-electron chi connectivity index (χ0n) is 11.2. The summed E-state index contributed by atoms with van der Waals surface area (Å²) >= 11 is 0. The topological polar surface area (TPSA) is 83.6 Å². The summed E-state index contributed by atoms with van der Waals surface area (Å²) in [5, 5.41) is 12.6. The number of amides is 1. The van der Waals surface area contributed by atoms with Crippen LogP contribution in [0, 0.1) is 6.92 Å². The van der Waals surface area contributed by atoms with Crippen LogP contribution < -0.4 is 0 Å². The number of carbonyl (C=O) groups excluding carboxylic acids is 1.